The molecule has 25 heavy (non-hydrogen) atoms. The zero-order chi connectivity index (χ0) is 17.2. The highest BCUT2D eigenvalue weighted by Crippen LogP contribution is 2.27. The average Bonchev–Trinajstić information content (AvgIpc) is 3.32. The third-order valence-electron chi connectivity index (χ3n) is 4.00. The Balaban J connectivity index is 1.63. The van der Waals surface area contributed by atoms with Crippen LogP contribution in [0.2, 0.25) is 0 Å². The first-order valence-corrected chi connectivity index (χ1v) is 9.07. The van der Waals surface area contributed by atoms with Crippen molar-refractivity contribution in [1.82, 2.24) is 20.3 Å². The van der Waals surface area contributed by atoms with Crippen LogP contribution in [-0.4, -0.2) is 26.6 Å². The SMILES string of the molecule is CSc1ccc(-c2noc(-c3cc(-c4ccccc4C)n[nH]3)n2)cc1. The Bertz CT molecular complexity index is 1000. The molecule has 4 rings (SSSR count). The van der Waals surface area contributed by atoms with Crippen LogP contribution in [0.3, 0.4) is 0 Å². The number of nitrogens with zero attached hydrogens (tertiary/aromatic N) is 3. The largest absolute Gasteiger partial charge is 0.332 e. The summed E-state index contributed by atoms with van der Waals surface area (Å²) in [5.41, 5.74) is 4.74. The number of hydrogen-bond donors (Lipinski definition) is 1. The second-order valence-electron chi connectivity index (χ2n) is 5.63. The zero-order valence-electron chi connectivity index (χ0n) is 13.9. The maximum Gasteiger partial charge on any atom is 0.276 e. The zero-order valence-corrected chi connectivity index (χ0v) is 14.7. The van der Waals surface area contributed by atoms with Crippen LogP contribution in [0.1, 0.15) is 5.56 Å². The van der Waals surface area contributed by atoms with Crippen LogP contribution in [0.25, 0.3) is 34.2 Å². The lowest BCUT2D eigenvalue weighted by molar-refractivity contribution is 0.431. The van der Waals surface area contributed by atoms with Crippen molar-refractivity contribution < 1.29 is 4.52 Å². The fourth-order valence-corrected chi connectivity index (χ4v) is 3.03. The molecule has 0 aliphatic carbocycles. The fourth-order valence-electron chi connectivity index (χ4n) is 2.62. The molecule has 0 saturated carbocycles. The highest BCUT2D eigenvalue weighted by Gasteiger charge is 2.14. The van der Waals surface area contributed by atoms with E-state index < -0.39 is 0 Å². The van der Waals surface area contributed by atoms with Crippen LogP contribution in [-0.2, 0) is 0 Å². The van der Waals surface area contributed by atoms with E-state index in [4.69, 9.17) is 4.52 Å². The van der Waals surface area contributed by atoms with Crippen LogP contribution >= 0.6 is 11.8 Å². The molecule has 2 aromatic carbocycles. The Morgan fingerprint density at radius 3 is 2.60 bits per heavy atom. The number of rotatable bonds is 4. The number of H-pyrrole nitrogens is 1. The molecule has 124 valence electrons. The Kier molecular flexibility index (Phi) is 4.11. The number of aromatic amines is 1. The molecule has 0 atom stereocenters. The fraction of sp³-hybridized carbons (Fsp3) is 0.105. The lowest BCUT2D eigenvalue weighted by Gasteiger charge is -1.99. The molecular formula is C19H16N4OS. The van der Waals surface area contributed by atoms with Crippen molar-refractivity contribution >= 4 is 11.8 Å². The van der Waals surface area contributed by atoms with E-state index in [1.54, 1.807) is 11.8 Å². The summed E-state index contributed by atoms with van der Waals surface area (Å²) in [6.07, 6.45) is 2.05. The summed E-state index contributed by atoms with van der Waals surface area (Å²) < 4.78 is 5.40. The minimum absolute atomic E-state index is 0.427. The standard InChI is InChI=1S/C19H16N4OS/c1-12-5-3-4-6-15(12)16-11-17(22-21-16)19-20-18(23-24-19)13-7-9-14(25-2)10-8-13/h3-11H,1-2H3,(H,21,22). The molecule has 0 aliphatic heterocycles. The van der Waals surface area contributed by atoms with Crippen molar-refractivity contribution in [2.24, 2.45) is 0 Å². The molecule has 2 heterocycles. The molecule has 0 saturated heterocycles. The molecular weight excluding hydrogens is 332 g/mol. The van der Waals surface area contributed by atoms with Gasteiger partial charge in [-0.05, 0) is 49.1 Å². The molecule has 0 unspecified atom stereocenters. The van der Waals surface area contributed by atoms with Gasteiger partial charge in [0.15, 0.2) is 0 Å². The van der Waals surface area contributed by atoms with Crippen LogP contribution in [0.5, 0.6) is 0 Å². The van der Waals surface area contributed by atoms with Crippen LogP contribution in [0.15, 0.2) is 64.0 Å². The summed E-state index contributed by atoms with van der Waals surface area (Å²) in [7, 11) is 0. The van der Waals surface area contributed by atoms with Gasteiger partial charge in [0.05, 0.1) is 5.69 Å². The summed E-state index contributed by atoms with van der Waals surface area (Å²) in [6.45, 7) is 2.06. The Morgan fingerprint density at radius 1 is 1.04 bits per heavy atom. The van der Waals surface area contributed by atoms with Crippen molar-refractivity contribution in [3.63, 3.8) is 0 Å². The van der Waals surface area contributed by atoms with E-state index in [2.05, 4.69) is 33.3 Å². The van der Waals surface area contributed by atoms with E-state index in [0.717, 1.165) is 16.8 Å². The van der Waals surface area contributed by atoms with Gasteiger partial charge in [0.1, 0.15) is 5.69 Å². The van der Waals surface area contributed by atoms with Crippen LogP contribution in [0, 0.1) is 6.92 Å². The van der Waals surface area contributed by atoms with Crippen molar-refractivity contribution in [2.75, 3.05) is 6.26 Å². The predicted molar refractivity (Wildman–Crippen MR) is 99.3 cm³/mol. The van der Waals surface area contributed by atoms with E-state index in [0.29, 0.717) is 17.4 Å². The average molecular weight is 348 g/mol. The van der Waals surface area contributed by atoms with E-state index in [-0.39, 0.29) is 0 Å². The van der Waals surface area contributed by atoms with Gasteiger partial charge in [-0.25, -0.2) is 0 Å². The van der Waals surface area contributed by atoms with E-state index in [9.17, 15) is 0 Å². The Hall–Kier alpha value is -2.86. The van der Waals surface area contributed by atoms with Gasteiger partial charge in [-0.3, -0.25) is 5.10 Å². The second kappa shape index (κ2) is 6.57. The lowest BCUT2D eigenvalue weighted by Crippen LogP contribution is -1.81. The predicted octanol–water partition coefficient (Wildman–Crippen LogP) is 4.82. The molecule has 0 amide bonds. The van der Waals surface area contributed by atoms with Gasteiger partial charge in [0.25, 0.3) is 5.89 Å². The normalized spacial score (nSPS) is 11.0. The molecule has 0 spiro atoms. The molecule has 0 aliphatic rings. The molecule has 4 aromatic rings. The quantitative estimate of drug-likeness (QED) is 0.535. The van der Waals surface area contributed by atoms with Gasteiger partial charge in [-0.1, -0.05) is 29.4 Å². The summed E-state index contributed by atoms with van der Waals surface area (Å²) in [4.78, 5) is 5.68. The summed E-state index contributed by atoms with van der Waals surface area (Å²) in [6, 6.07) is 18.1. The summed E-state index contributed by atoms with van der Waals surface area (Å²) in [5.74, 6) is 0.992. The summed E-state index contributed by atoms with van der Waals surface area (Å²) >= 11 is 1.70. The van der Waals surface area contributed by atoms with E-state index >= 15 is 0 Å². The minimum atomic E-state index is 0.427. The van der Waals surface area contributed by atoms with Gasteiger partial charge >= 0.3 is 0 Å². The number of nitrogens with one attached hydrogen (secondary N) is 1. The highest BCUT2D eigenvalue weighted by atomic mass is 32.2. The van der Waals surface area contributed by atoms with Crippen LogP contribution in [0.4, 0.5) is 0 Å². The third-order valence-corrected chi connectivity index (χ3v) is 4.75. The molecule has 5 nitrogen and oxygen atoms in total. The molecule has 2 aromatic heterocycles. The molecule has 6 heteroatoms. The van der Waals surface area contributed by atoms with Gasteiger partial charge < -0.3 is 4.52 Å². The van der Waals surface area contributed by atoms with E-state index in [1.165, 1.54) is 10.5 Å². The minimum Gasteiger partial charge on any atom is -0.332 e. The number of aryl methyl sites for hydroxylation is 1. The van der Waals surface area contributed by atoms with Crippen LogP contribution < -0.4 is 0 Å². The third kappa shape index (κ3) is 3.08. The second-order valence-corrected chi connectivity index (χ2v) is 6.51. The topological polar surface area (TPSA) is 67.6 Å². The van der Waals surface area contributed by atoms with Gasteiger partial charge in [0.2, 0.25) is 5.82 Å². The molecule has 0 radical (unpaired) electrons. The first-order chi connectivity index (χ1) is 12.2. The Morgan fingerprint density at radius 2 is 1.84 bits per heavy atom. The maximum atomic E-state index is 5.40. The van der Waals surface area contributed by atoms with Gasteiger partial charge in [-0.2, -0.15) is 10.1 Å². The van der Waals surface area contributed by atoms with E-state index in [1.807, 2.05) is 54.8 Å². The number of thioether (sulfide) groups is 1. The van der Waals surface area contributed by atoms with Crippen molar-refractivity contribution in [2.45, 2.75) is 11.8 Å². The number of hydrogen-bond acceptors (Lipinski definition) is 5. The first kappa shape index (κ1) is 15.7. The monoisotopic (exact) mass is 348 g/mol. The van der Waals surface area contributed by atoms with Gasteiger partial charge in [0, 0.05) is 16.0 Å². The first-order valence-electron chi connectivity index (χ1n) is 7.84. The molecule has 0 bridgehead atoms. The van der Waals surface area contributed by atoms with Crippen molar-refractivity contribution in [3.05, 3.63) is 60.2 Å². The molecule has 1 N–H and O–H groups in total. The Labute approximate surface area is 149 Å². The molecule has 0 fully saturated rings. The number of aromatic nitrogens is 4. The van der Waals surface area contributed by atoms with Crippen molar-refractivity contribution in [3.8, 4) is 34.2 Å². The van der Waals surface area contributed by atoms with Crippen molar-refractivity contribution in [1.29, 1.82) is 0 Å². The smallest absolute Gasteiger partial charge is 0.276 e. The number of benzene rings is 2. The maximum absolute atomic E-state index is 5.40. The lowest BCUT2D eigenvalue weighted by atomic mass is 10.1. The van der Waals surface area contributed by atoms with Gasteiger partial charge in [-0.15, -0.1) is 11.8 Å². The highest BCUT2D eigenvalue weighted by molar-refractivity contribution is 7.98. The summed E-state index contributed by atoms with van der Waals surface area (Å²) in [5, 5.41) is 11.4.